The molecule has 1 aliphatic carbocycles. The summed E-state index contributed by atoms with van der Waals surface area (Å²) in [6.45, 7) is 2.56. The summed E-state index contributed by atoms with van der Waals surface area (Å²) in [6, 6.07) is 9.24. The van der Waals surface area contributed by atoms with Crippen molar-refractivity contribution >= 4 is 11.9 Å². The van der Waals surface area contributed by atoms with E-state index < -0.39 is 0 Å². The zero-order valence-corrected chi connectivity index (χ0v) is 16.0. The molecule has 0 unspecified atom stereocenters. The molecule has 1 aromatic rings. The maximum Gasteiger partial charge on any atom is 0.338 e. The fourth-order valence-electron chi connectivity index (χ4n) is 3.21. The van der Waals surface area contributed by atoms with Gasteiger partial charge in [-0.2, -0.15) is 5.26 Å². The van der Waals surface area contributed by atoms with E-state index in [4.69, 9.17) is 4.74 Å². The molecule has 6 heteroatoms. The van der Waals surface area contributed by atoms with Crippen molar-refractivity contribution in [3.05, 3.63) is 47.2 Å². The van der Waals surface area contributed by atoms with Gasteiger partial charge in [-0.15, -0.1) is 0 Å². The summed E-state index contributed by atoms with van der Waals surface area (Å²) in [4.78, 5) is 25.9. The fraction of sp³-hybridized carbons (Fsp3) is 0.476. The van der Waals surface area contributed by atoms with Gasteiger partial charge in [-0.1, -0.05) is 31.4 Å². The van der Waals surface area contributed by atoms with Gasteiger partial charge in [-0.3, -0.25) is 4.79 Å². The molecule has 1 aliphatic rings. The number of likely N-dealkylation sites (N-methyl/N-ethyl adjacent to an activating group) is 1. The first-order valence-corrected chi connectivity index (χ1v) is 9.43. The van der Waals surface area contributed by atoms with Gasteiger partial charge in [0, 0.05) is 25.8 Å². The molecule has 27 heavy (non-hydrogen) atoms. The maximum absolute atomic E-state index is 12.5. The Balaban J connectivity index is 1.91. The predicted molar refractivity (Wildman–Crippen MR) is 103 cm³/mol. The van der Waals surface area contributed by atoms with Crippen molar-refractivity contribution in [2.45, 2.75) is 51.6 Å². The van der Waals surface area contributed by atoms with E-state index in [1.165, 1.54) is 12.6 Å². The van der Waals surface area contributed by atoms with E-state index in [0.29, 0.717) is 18.7 Å². The number of hydrogen-bond donors (Lipinski definition) is 1. The smallest absolute Gasteiger partial charge is 0.338 e. The summed E-state index contributed by atoms with van der Waals surface area (Å²) in [5.74, 6) is -0.588. The Kier molecular flexibility index (Phi) is 7.87. The number of rotatable bonds is 7. The van der Waals surface area contributed by atoms with Crippen molar-refractivity contribution in [2.24, 2.45) is 0 Å². The minimum Gasteiger partial charge on any atom is -0.462 e. The first-order valence-electron chi connectivity index (χ1n) is 9.43. The van der Waals surface area contributed by atoms with Gasteiger partial charge in [0.2, 0.25) is 0 Å². The van der Waals surface area contributed by atoms with E-state index in [1.54, 1.807) is 31.0 Å². The second kappa shape index (κ2) is 10.4. The van der Waals surface area contributed by atoms with Crippen molar-refractivity contribution in [3.8, 4) is 6.07 Å². The SMILES string of the molecule is CCOC(=O)c1ccc(CN/C=C(/C#N)C(=O)N(C)C2CCCCC2)cc1. The van der Waals surface area contributed by atoms with Crippen LogP contribution in [0.1, 0.15) is 54.9 Å². The Morgan fingerprint density at radius 1 is 1.26 bits per heavy atom. The first-order chi connectivity index (χ1) is 13.1. The molecule has 1 aromatic carbocycles. The molecule has 2 rings (SSSR count). The Labute approximate surface area is 160 Å². The van der Waals surface area contributed by atoms with Gasteiger partial charge in [0.15, 0.2) is 0 Å². The summed E-state index contributed by atoms with van der Waals surface area (Å²) in [7, 11) is 1.78. The Morgan fingerprint density at radius 2 is 1.93 bits per heavy atom. The highest BCUT2D eigenvalue weighted by Gasteiger charge is 2.24. The van der Waals surface area contributed by atoms with Crippen LogP contribution in [0.25, 0.3) is 0 Å². The van der Waals surface area contributed by atoms with E-state index in [1.807, 2.05) is 18.2 Å². The second-order valence-electron chi connectivity index (χ2n) is 6.68. The summed E-state index contributed by atoms with van der Waals surface area (Å²) >= 11 is 0. The number of hydrogen-bond acceptors (Lipinski definition) is 5. The predicted octanol–water partition coefficient (Wildman–Crippen LogP) is 3.15. The molecule has 1 N–H and O–H groups in total. The van der Waals surface area contributed by atoms with Gasteiger partial charge in [-0.25, -0.2) is 4.79 Å². The van der Waals surface area contributed by atoms with Crippen LogP contribution in [0.15, 0.2) is 36.0 Å². The molecule has 0 atom stereocenters. The van der Waals surface area contributed by atoms with Crippen LogP contribution in [-0.4, -0.2) is 36.5 Å². The number of amides is 1. The molecule has 1 fully saturated rings. The van der Waals surface area contributed by atoms with Gasteiger partial charge in [0.25, 0.3) is 5.91 Å². The van der Waals surface area contributed by atoms with Crippen LogP contribution < -0.4 is 5.32 Å². The molecule has 0 saturated heterocycles. The Bertz CT molecular complexity index is 713. The van der Waals surface area contributed by atoms with Gasteiger partial charge >= 0.3 is 5.97 Å². The van der Waals surface area contributed by atoms with Crippen molar-refractivity contribution in [1.82, 2.24) is 10.2 Å². The summed E-state index contributed by atoms with van der Waals surface area (Å²) in [6.07, 6.45) is 6.96. The van der Waals surface area contributed by atoms with Gasteiger partial charge in [0.05, 0.1) is 12.2 Å². The Hall–Kier alpha value is -2.81. The first kappa shape index (κ1) is 20.5. The quantitative estimate of drug-likeness (QED) is 0.453. The molecule has 0 spiro atoms. The highest BCUT2D eigenvalue weighted by molar-refractivity contribution is 5.97. The molecule has 1 amide bonds. The maximum atomic E-state index is 12.5. The zero-order valence-electron chi connectivity index (χ0n) is 16.0. The molecule has 0 heterocycles. The summed E-state index contributed by atoms with van der Waals surface area (Å²) in [5.41, 5.74) is 1.54. The van der Waals surface area contributed by atoms with E-state index in [-0.39, 0.29) is 23.5 Å². The number of nitrogens with one attached hydrogen (secondary N) is 1. The van der Waals surface area contributed by atoms with Crippen LogP contribution in [-0.2, 0) is 16.1 Å². The van der Waals surface area contributed by atoms with Crippen molar-refractivity contribution in [3.63, 3.8) is 0 Å². The van der Waals surface area contributed by atoms with Crippen LogP contribution in [0, 0.1) is 11.3 Å². The number of esters is 1. The molecule has 144 valence electrons. The van der Waals surface area contributed by atoms with E-state index in [0.717, 1.165) is 31.2 Å². The van der Waals surface area contributed by atoms with Gasteiger partial charge < -0.3 is 15.0 Å². The number of nitrogens with zero attached hydrogens (tertiary/aromatic N) is 2. The van der Waals surface area contributed by atoms with E-state index in [9.17, 15) is 14.9 Å². The summed E-state index contributed by atoms with van der Waals surface area (Å²) in [5, 5.41) is 12.3. The lowest BCUT2D eigenvalue weighted by Gasteiger charge is -2.31. The van der Waals surface area contributed by atoms with Crippen LogP contribution in [0.3, 0.4) is 0 Å². The second-order valence-corrected chi connectivity index (χ2v) is 6.68. The number of carbonyl (C=O) groups is 2. The molecule has 0 aliphatic heterocycles. The fourth-order valence-corrected chi connectivity index (χ4v) is 3.21. The number of benzene rings is 1. The third-order valence-corrected chi connectivity index (χ3v) is 4.81. The lowest BCUT2D eigenvalue weighted by Crippen LogP contribution is -2.39. The van der Waals surface area contributed by atoms with Crippen LogP contribution in [0.4, 0.5) is 0 Å². The monoisotopic (exact) mass is 369 g/mol. The minimum atomic E-state index is -0.347. The number of nitriles is 1. The van der Waals surface area contributed by atoms with Crippen LogP contribution >= 0.6 is 0 Å². The molecular formula is C21H27N3O3. The average Bonchev–Trinajstić information content (AvgIpc) is 2.71. The van der Waals surface area contributed by atoms with Crippen LogP contribution in [0.5, 0.6) is 0 Å². The van der Waals surface area contributed by atoms with Gasteiger partial charge in [-0.05, 0) is 37.5 Å². The summed E-state index contributed by atoms with van der Waals surface area (Å²) < 4.78 is 4.95. The Morgan fingerprint density at radius 3 is 2.52 bits per heavy atom. The van der Waals surface area contributed by atoms with Gasteiger partial charge in [0.1, 0.15) is 11.6 Å². The molecule has 0 bridgehead atoms. The third kappa shape index (κ3) is 5.85. The largest absolute Gasteiger partial charge is 0.462 e. The van der Waals surface area contributed by atoms with Crippen molar-refractivity contribution < 1.29 is 14.3 Å². The highest BCUT2D eigenvalue weighted by Crippen LogP contribution is 2.22. The minimum absolute atomic E-state index is 0.103. The van der Waals surface area contributed by atoms with Crippen LogP contribution in [0.2, 0.25) is 0 Å². The topological polar surface area (TPSA) is 82.4 Å². The van der Waals surface area contributed by atoms with E-state index >= 15 is 0 Å². The molecule has 6 nitrogen and oxygen atoms in total. The normalized spacial score (nSPS) is 14.9. The standard InChI is InChI=1S/C21H27N3O3/c1-3-27-21(26)17-11-9-16(10-12-17)14-23-15-18(13-22)20(25)24(2)19-7-5-4-6-8-19/h9-12,15,19,23H,3-8,14H2,1-2H3/b18-15-. The third-order valence-electron chi connectivity index (χ3n) is 4.81. The molecular weight excluding hydrogens is 342 g/mol. The van der Waals surface area contributed by atoms with Crippen molar-refractivity contribution in [2.75, 3.05) is 13.7 Å². The number of carbonyl (C=O) groups excluding carboxylic acids is 2. The molecule has 1 saturated carbocycles. The zero-order chi connectivity index (χ0) is 19.6. The van der Waals surface area contributed by atoms with E-state index in [2.05, 4.69) is 5.32 Å². The lowest BCUT2D eigenvalue weighted by molar-refractivity contribution is -0.128. The molecule has 0 radical (unpaired) electrons. The van der Waals surface area contributed by atoms with Crippen molar-refractivity contribution in [1.29, 1.82) is 5.26 Å². The molecule has 0 aromatic heterocycles. The highest BCUT2D eigenvalue weighted by atomic mass is 16.5. The number of ether oxygens (including phenoxy) is 1. The lowest BCUT2D eigenvalue weighted by atomic mass is 9.94. The average molecular weight is 369 g/mol.